The van der Waals surface area contributed by atoms with Crippen LogP contribution in [0.3, 0.4) is 0 Å². The van der Waals surface area contributed by atoms with E-state index in [4.69, 9.17) is 10.5 Å². The van der Waals surface area contributed by atoms with Crippen LogP contribution in [0.2, 0.25) is 0 Å². The fourth-order valence-corrected chi connectivity index (χ4v) is 1.77. The summed E-state index contributed by atoms with van der Waals surface area (Å²) in [6, 6.07) is 0. The van der Waals surface area contributed by atoms with Crippen LogP contribution in [-0.4, -0.2) is 46.9 Å². The molecule has 0 spiro atoms. The first kappa shape index (κ1) is 13.3. The summed E-state index contributed by atoms with van der Waals surface area (Å²) in [6.07, 6.45) is 1.19. The van der Waals surface area contributed by atoms with Crippen molar-refractivity contribution in [3.63, 3.8) is 0 Å². The van der Waals surface area contributed by atoms with Gasteiger partial charge in [-0.15, -0.1) is 0 Å². The first-order valence-electron chi connectivity index (χ1n) is 5.63. The van der Waals surface area contributed by atoms with Crippen LogP contribution < -0.4 is 5.73 Å². The molecule has 16 heavy (non-hydrogen) atoms. The average molecular weight is 230 g/mol. The van der Waals surface area contributed by atoms with Crippen molar-refractivity contribution in [1.29, 1.82) is 0 Å². The molecule has 1 fully saturated rings. The SMILES string of the molecule is CC(C)(C)OC(=O)N1CCC[C@@](N)(CO)C1. The summed E-state index contributed by atoms with van der Waals surface area (Å²) in [5.74, 6) is 0. The molecule has 1 amide bonds. The van der Waals surface area contributed by atoms with Gasteiger partial charge in [0.15, 0.2) is 0 Å². The molecule has 3 N–H and O–H groups in total. The number of amides is 1. The number of aliphatic hydroxyl groups excluding tert-OH is 1. The summed E-state index contributed by atoms with van der Waals surface area (Å²) in [5, 5.41) is 9.18. The molecule has 1 rings (SSSR count). The molecule has 1 aliphatic heterocycles. The number of nitrogens with two attached hydrogens (primary N) is 1. The predicted octanol–water partition coefficient (Wildman–Crippen LogP) is 0.707. The zero-order valence-corrected chi connectivity index (χ0v) is 10.3. The van der Waals surface area contributed by atoms with Gasteiger partial charge in [-0.3, -0.25) is 0 Å². The summed E-state index contributed by atoms with van der Waals surface area (Å²) in [7, 11) is 0. The van der Waals surface area contributed by atoms with E-state index in [1.807, 2.05) is 20.8 Å². The van der Waals surface area contributed by atoms with Crippen molar-refractivity contribution in [2.75, 3.05) is 19.7 Å². The van der Waals surface area contributed by atoms with Crippen molar-refractivity contribution in [3.8, 4) is 0 Å². The van der Waals surface area contributed by atoms with Gasteiger partial charge in [-0.25, -0.2) is 4.79 Å². The number of hydrogen-bond acceptors (Lipinski definition) is 4. The quantitative estimate of drug-likeness (QED) is 0.695. The summed E-state index contributed by atoms with van der Waals surface area (Å²) in [6.45, 7) is 6.39. The fraction of sp³-hybridized carbons (Fsp3) is 0.909. The lowest BCUT2D eigenvalue weighted by Gasteiger charge is -2.39. The van der Waals surface area contributed by atoms with Crippen LogP contribution in [0.1, 0.15) is 33.6 Å². The number of carbonyl (C=O) groups is 1. The van der Waals surface area contributed by atoms with Gasteiger partial charge in [-0.1, -0.05) is 0 Å². The van der Waals surface area contributed by atoms with Gasteiger partial charge >= 0.3 is 6.09 Å². The maximum Gasteiger partial charge on any atom is 0.410 e. The highest BCUT2D eigenvalue weighted by Crippen LogP contribution is 2.20. The van der Waals surface area contributed by atoms with Crippen molar-refractivity contribution >= 4 is 6.09 Å². The highest BCUT2D eigenvalue weighted by atomic mass is 16.6. The number of piperidine rings is 1. The minimum Gasteiger partial charge on any atom is -0.444 e. The van der Waals surface area contributed by atoms with Gasteiger partial charge in [0.1, 0.15) is 5.60 Å². The topological polar surface area (TPSA) is 75.8 Å². The van der Waals surface area contributed by atoms with E-state index in [9.17, 15) is 9.90 Å². The molecule has 0 radical (unpaired) electrons. The van der Waals surface area contributed by atoms with Crippen LogP contribution in [0.5, 0.6) is 0 Å². The first-order valence-corrected chi connectivity index (χ1v) is 5.63. The first-order chi connectivity index (χ1) is 7.26. The molecular weight excluding hydrogens is 208 g/mol. The van der Waals surface area contributed by atoms with Crippen molar-refractivity contribution in [2.24, 2.45) is 5.73 Å². The van der Waals surface area contributed by atoms with Crippen molar-refractivity contribution in [2.45, 2.75) is 44.8 Å². The number of likely N-dealkylation sites (tertiary alicyclic amines) is 1. The molecule has 1 aliphatic rings. The third kappa shape index (κ3) is 3.64. The average Bonchev–Trinajstić information content (AvgIpc) is 2.15. The monoisotopic (exact) mass is 230 g/mol. The second kappa shape index (κ2) is 4.59. The normalized spacial score (nSPS) is 26.7. The minimum atomic E-state index is -0.671. The van der Waals surface area contributed by atoms with Gasteiger partial charge in [0, 0.05) is 13.1 Å². The summed E-state index contributed by atoms with van der Waals surface area (Å²) < 4.78 is 5.26. The summed E-state index contributed by atoms with van der Waals surface area (Å²) in [5.41, 5.74) is 4.78. The van der Waals surface area contributed by atoms with E-state index in [0.717, 1.165) is 12.8 Å². The lowest BCUT2D eigenvalue weighted by Crippen LogP contribution is -2.58. The van der Waals surface area contributed by atoms with Gasteiger partial charge in [0.05, 0.1) is 12.1 Å². The number of nitrogens with zero attached hydrogens (tertiary/aromatic N) is 1. The molecule has 94 valence electrons. The fourth-order valence-electron chi connectivity index (χ4n) is 1.77. The molecule has 0 aliphatic carbocycles. The van der Waals surface area contributed by atoms with Crippen molar-refractivity contribution in [3.05, 3.63) is 0 Å². The Morgan fingerprint density at radius 2 is 2.19 bits per heavy atom. The van der Waals surface area contributed by atoms with Crippen molar-refractivity contribution in [1.82, 2.24) is 4.90 Å². The Labute approximate surface area is 96.6 Å². The third-order valence-corrected chi connectivity index (χ3v) is 2.58. The molecule has 0 aromatic carbocycles. The van der Waals surface area contributed by atoms with Crippen LogP contribution in [0.25, 0.3) is 0 Å². The number of rotatable bonds is 1. The zero-order chi connectivity index (χ0) is 12.4. The van der Waals surface area contributed by atoms with E-state index in [1.165, 1.54) is 0 Å². The molecule has 5 heteroatoms. The zero-order valence-electron chi connectivity index (χ0n) is 10.3. The molecule has 0 saturated carbocycles. The second-order valence-electron chi connectivity index (χ2n) is 5.53. The molecule has 0 unspecified atom stereocenters. The highest BCUT2D eigenvalue weighted by Gasteiger charge is 2.34. The second-order valence-corrected chi connectivity index (χ2v) is 5.53. The maximum atomic E-state index is 11.8. The molecule has 1 atom stereocenters. The molecule has 1 saturated heterocycles. The molecule has 0 aromatic rings. The van der Waals surface area contributed by atoms with Crippen LogP contribution in [0.4, 0.5) is 4.79 Å². The largest absolute Gasteiger partial charge is 0.444 e. The van der Waals surface area contributed by atoms with Crippen LogP contribution in [0, 0.1) is 0 Å². The van der Waals surface area contributed by atoms with E-state index >= 15 is 0 Å². The van der Waals surface area contributed by atoms with Gasteiger partial charge in [-0.2, -0.15) is 0 Å². The van der Waals surface area contributed by atoms with E-state index in [0.29, 0.717) is 13.1 Å². The van der Waals surface area contributed by atoms with E-state index in [2.05, 4.69) is 0 Å². The van der Waals surface area contributed by atoms with Crippen LogP contribution in [0.15, 0.2) is 0 Å². The van der Waals surface area contributed by atoms with Gasteiger partial charge < -0.3 is 20.5 Å². The smallest absolute Gasteiger partial charge is 0.410 e. The lowest BCUT2D eigenvalue weighted by atomic mass is 9.91. The van der Waals surface area contributed by atoms with Crippen LogP contribution >= 0.6 is 0 Å². The number of ether oxygens (including phenoxy) is 1. The Hall–Kier alpha value is -0.810. The van der Waals surface area contributed by atoms with Crippen LogP contribution in [-0.2, 0) is 4.74 Å². The maximum absolute atomic E-state index is 11.8. The van der Waals surface area contributed by atoms with Gasteiger partial charge in [-0.05, 0) is 33.6 Å². The Kier molecular flexibility index (Phi) is 3.80. The molecular formula is C11H22N2O3. The Morgan fingerprint density at radius 1 is 1.56 bits per heavy atom. The molecule has 1 heterocycles. The third-order valence-electron chi connectivity index (χ3n) is 2.58. The molecule has 5 nitrogen and oxygen atoms in total. The number of carbonyl (C=O) groups excluding carboxylic acids is 1. The van der Waals surface area contributed by atoms with E-state index < -0.39 is 11.1 Å². The lowest BCUT2D eigenvalue weighted by molar-refractivity contribution is 0.00909. The highest BCUT2D eigenvalue weighted by molar-refractivity contribution is 5.68. The van der Waals surface area contributed by atoms with E-state index in [1.54, 1.807) is 4.90 Å². The standard InChI is InChI=1S/C11H22N2O3/c1-10(2,3)16-9(15)13-6-4-5-11(12,7-13)8-14/h14H,4-8,12H2,1-3H3/t11-/m0/s1. The number of aliphatic hydroxyl groups is 1. The van der Waals surface area contributed by atoms with Gasteiger partial charge in [0.25, 0.3) is 0 Å². The molecule has 0 bridgehead atoms. The van der Waals surface area contributed by atoms with E-state index in [-0.39, 0.29) is 12.7 Å². The number of hydrogen-bond donors (Lipinski definition) is 2. The predicted molar refractivity (Wildman–Crippen MR) is 61.0 cm³/mol. The summed E-state index contributed by atoms with van der Waals surface area (Å²) >= 11 is 0. The Morgan fingerprint density at radius 3 is 2.69 bits per heavy atom. The minimum absolute atomic E-state index is 0.105. The van der Waals surface area contributed by atoms with Gasteiger partial charge in [0.2, 0.25) is 0 Å². The Bertz CT molecular complexity index is 262. The van der Waals surface area contributed by atoms with Crippen molar-refractivity contribution < 1.29 is 14.6 Å². The summed E-state index contributed by atoms with van der Waals surface area (Å²) in [4.78, 5) is 13.4. The Balaban J connectivity index is 2.57. The molecule has 0 aromatic heterocycles.